The molecule has 1 aromatic heterocycles. The fraction of sp³-hybridized carbons (Fsp3) is 0.308. The first-order valence-electron chi connectivity index (χ1n) is 5.38. The van der Waals surface area contributed by atoms with Gasteiger partial charge in [0.05, 0.1) is 6.61 Å². The van der Waals surface area contributed by atoms with Crippen LogP contribution in [0.15, 0.2) is 28.7 Å². The first kappa shape index (κ1) is 10.7. The van der Waals surface area contributed by atoms with Crippen LogP contribution in [0.25, 0.3) is 11.0 Å². The van der Waals surface area contributed by atoms with E-state index in [0.29, 0.717) is 18.0 Å². The van der Waals surface area contributed by atoms with Crippen LogP contribution in [0.4, 0.5) is 0 Å². The molecule has 3 nitrogen and oxygen atoms in total. The van der Waals surface area contributed by atoms with E-state index in [-0.39, 0.29) is 5.78 Å². The number of furan rings is 1. The molecule has 0 aliphatic rings. The molecule has 0 spiro atoms. The van der Waals surface area contributed by atoms with Crippen molar-refractivity contribution in [3.8, 4) is 5.75 Å². The lowest BCUT2D eigenvalue weighted by molar-refractivity contribution is 0.0989. The summed E-state index contributed by atoms with van der Waals surface area (Å²) in [6.07, 6.45) is 0.974. The van der Waals surface area contributed by atoms with Crippen molar-refractivity contribution in [3.63, 3.8) is 0 Å². The van der Waals surface area contributed by atoms with Crippen molar-refractivity contribution in [2.75, 3.05) is 6.61 Å². The average Bonchev–Trinajstić information content (AvgIpc) is 2.69. The molecule has 1 aromatic carbocycles. The molecular weight excluding hydrogens is 204 g/mol. The highest BCUT2D eigenvalue weighted by Gasteiger charge is 2.08. The smallest absolute Gasteiger partial charge is 0.194 e. The van der Waals surface area contributed by atoms with E-state index in [1.807, 2.05) is 18.2 Å². The van der Waals surface area contributed by atoms with Gasteiger partial charge in [-0.15, -0.1) is 0 Å². The summed E-state index contributed by atoms with van der Waals surface area (Å²) in [6, 6.07) is 7.32. The third-order valence-electron chi connectivity index (χ3n) is 2.31. The Labute approximate surface area is 94.0 Å². The van der Waals surface area contributed by atoms with Crippen molar-refractivity contribution in [1.82, 2.24) is 0 Å². The van der Waals surface area contributed by atoms with Crippen molar-refractivity contribution in [2.45, 2.75) is 20.3 Å². The Kier molecular flexibility index (Phi) is 2.95. The van der Waals surface area contributed by atoms with Crippen LogP contribution in [0.5, 0.6) is 5.75 Å². The lowest BCUT2D eigenvalue weighted by atomic mass is 10.2. The fourth-order valence-electron chi connectivity index (χ4n) is 1.50. The molecule has 0 atom stereocenters. The molecule has 1 heterocycles. The second-order valence-electron chi connectivity index (χ2n) is 3.71. The number of ether oxygens (including phenoxy) is 1. The summed E-state index contributed by atoms with van der Waals surface area (Å²) in [7, 11) is 0. The highest BCUT2D eigenvalue weighted by Crippen LogP contribution is 2.24. The van der Waals surface area contributed by atoms with E-state index >= 15 is 0 Å². The second-order valence-corrected chi connectivity index (χ2v) is 3.71. The number of benzene rings is 1. The average molecular weight is 218 g/mol. The number of fused-ring (bicyclic) bond motifs is 1. The molecule has 0 amide bonds. The first-order valence-corrected chi connectivity index (χ1v) is 5.38. The number of rotatable bonds is 4. The van der Waals surface area contributed by atoms with Crippen LogP contribution >= 0.6 is 0 Å². The van der Waals surface area contributed by atoms with Gasteiger partial charge in [0.1, 0.15) is 11.3 Å². The molecular formula is C13H14O3. The van der Waals surface area contributed by atoms with Gasteiger partial charge in [0.2, 0.25) is 0 Å². The summed E-state index contributed by atoms with van der Waals surface area (Å²) in [5, 5.41) is 0.902. The van der Waals surface area contributed by atoms with Gasteiger partial charge in [0.25, 0.3) is 0 Å². The zero-order valence-electron chi connectivity index (χ0n) is 9.45. The van der Waals surface area contributed by atoms with Crippen LogP contribution < -0.4 is 4.74 Å². The molecule has 2 rings (SSSR count). The van der Waals surface area contributed by atoms with Gasteiger partial charge in [-0.25, -0.2) is 0 Å². The van der Waals surface area contributed by atoms with E-state index in [4.69, 9.17) is 9.15 Å². The minimum atomic E-state index is -0.0628. The Morgan fingerprint density at radius 2 is 2.19 bits per heavy atom. The van der Waals surface area contributed by atoms with Gasteiger partial charge >= 0.3 is 0 Å². The Morgan fingerprint density at radius 3 is 2.88 bits per heavy atom. The summed E-state index contributed by atoms with van der Waals surface area (Å²) >= 11 is 0. The Hall–Kier alpha value is -1.77. The predicted octanol–water partition coefficient (Wildman–Crippen LogP) is 3.42. The molecule has 0 saturated heterocycles. The zero-order valence-corrected chi connectivity index (χ0v) is 9.45. The van der Waals surface area contributed by atoms with Crippen LogP contribution in [0.3, 0.4) is 0 Å². The van der Waals surface area contributed by atoms with Gasteiger partial charge in [-0.3, -0.25) is 4.79 Å². The van der Waals surface area contributed by atoms with E-state index in [0.717, 1.165) is 17.6 Å². The van der Waals surface area contributed by atoms with Crippen LogP contribution in [0.1, 0.15) is 30.8 Å². The number of hydrogen-bond donors (Lipinski definition) is 0. The highest BCUT2D eigenvalue weighted by molar-refractivity contribution is 5.96. The van der Waals surface area contributed by atoms with E-state index in [9.17, 15) is 4.79 Å². The maximum absolute atomic E-state index is 11.1. The quantitative estimate of drug-likeness (QED) is 0.738. The summed E-state index contributed by atoms with van der Waals surface area (Å²) in [4.78, 5) is 11.1. The normalized spacial score (nSPS) is 10.6. The topological polar surface area (TPSA) is 39.4 Å². The van der Waals surface area contributed by atoms with Crippen LogP contribution in [0.2, 0.25) is 0 Å². The number of carbonyl (C=O) groups is 1. The number of Topliss-reactive ketones (excluding diaryl/α,β-unsaturated/α-hetero) is 1. The van der Waals surface area contributed by atoms with E-state index in [2.05, 4.69) is 6.92 Å². The van der Waals surface area contributed by atoms with Crippen molar-refractivity contribution in [3.05, 3.63) is 30.0 Å². The Morgan fingerprint density at radius 1 is 1.38 bits per heavy atom. The summed E-state index contributed by atoms with van der Waals surface area (Å²) < 4.78 is 10.9. The third kappa shape index (κ3) is 2.08. The van der Waals surface area contributed by atoms with E-state index in [1.54, 1.807) is 6.07 Å². The number of ketones is 1. The Bertz CT molecular complexity index is 511. The second kappa shape index (κ2) is 4.39. The molecule has 2 aromatic rings. The molecule has 0 saturated carbocycles. The van der Waals surface area contributed by atoms with Crippen molar-refractivity contribution < 1.29 is 13.9 Å². The minimum Gasteiger partial charge on any atom is -0.494 e. The fourth-order valence-corrected chi connectivity index (χ4v) is 1.50. The largest absolute Gasteiger partial charge is 0.494 e. The number of hydrogen-bond acceptors (Lipinski definition) is 3. The molecule has 0 aliphatic heterocycles. The van der Waals surface area contributed by atoms with Crippen molar-refractivity contribution in [2.24, 2.45) is 0 Å². The summed E-state index contributed by atoms with van der Waals surface area (Å²) in [6.45, 7) is 4.25. The van der Waals surface area contributed by atoms with Crippen LogP contribution in [-0.2, 0) is 0 Å². The summed E-state index contributed by atoms with van der Waals surface area (Å²) in [5.74, 6) is 1.14. The number of carbonyl (C=O) groups excluding carboxylic acids is 1. The van der Waals surface area contributed by atoms with Gasteiger partial charge in [0.15, 0.2) is 11.5 Å². The first-order chi connectivity index (χ1) is 7.70. The Balaban J connectivity index is 2.34. The SMILES string of the molecule is CCCOc1ccc2oc(C(C)=O)cc2c1. The molecule has 0 bridgehead atoms. The van der Waals surface area contributed by atoms with Crippen LogP contribution in [-0.4, -0.2) is 12.4 Å². The van der Waals surface area contributed by atoms with Crippen LogP contribution in [0, 0.1) is 0 Å². The van der Waals surface area contributed by atoms with E-state index < -0.39 is 0 Å². The maximum atomic E-state index is 11.1. The predicted molar refractivity (Wildman–Crippen MR) is 62.0 cm³/mol. The maximum Gasteiger partial charge on any atom is 0.194 e. The van der Waals surface area contributed by atoms with Gasteiger partial charge in [0, 0.05) is 12.3 Å². The molecule has 0 fully saturated rings. The third-order valence-corrected chi connectivity index (χ3v) is 2.31. The molecule has 0 aliphatic carbocycles. The van der Waals surface area contributed by atoms with Gasteiger partial charge in [-0.05, 0) is 30.7 Å². The molecule has 84 valence electrons. The lowest BCUT2D eigenvalue weighted by Crippen LogP contribution is -1.93. The van der Waals surface area contributed by atoms with E-state index in [1.165, 1.54) is 6.92 Å². The van der Waals surface area contributed by atoms with Gasteiger partial charge < -0.3 is 9.15 Å². The molecule has 0 unspecified atom stereocenters. The summed E-state index contributed by atoms with van der Waals surface area (Å²) in [5.41, 5.74) is 0.717. The molecule has 0 radical (unpaired) electrons. The van der Waals surface area contributed by atoms with Gasteiger partial charge in [-0.1, -0.05) is 6.92 Å². The minimum absolute atomic E-state index is 0.0628. The monoisotopic (exact) mass is 218 g/mol. The molecule has 16 heavy (non-hydrogen) atoms. The van der Waals surface area contributed by atoms with Crippen molar-refractivity contribution >= 4 is 16.8 Å². The molecule has 0 N–H and O–H groups in total. The highest BCUT2D eigenvalue weighted by atomic mass is 16.5. The zero-order chi connectivity index (χ0) is 11.5. The van der Waals surface area contributed by atoms with Gasteiger partial charge in [-0.2, -0.15) is 0 Å². The lowest BCUT2D eigenvalue weighted by Gasteiger charge is -2.02. The van der Waals surface area contributed by atoms with Crippen molar-refractivity contribution in [1.29, 1.82) is 0 Å². The molecule has 3 heteroatoms. The standard InChI is InChI=1S/C13H14O3/c1-3-6-15-11-4-5-12-10(7-11)8-13(16-12)9(2)14/h4-5,7-8H,3,6H2,1-2H3.